The van der Waals surface area contributed by atoms with Gasteiger partial charge in [-0.15, -0.1) is 0 Å². The third-order valence-electron chi connectivity index (χ3n) is 2.32. The third-order valence-corrected chi connectivity index (χ3v) is 2.32. The van der Waals surface area contributed by atoms with Crippen LogP contribution in [0.2, 0.25) is 0 Å². The number of anilines is 1. The Morgan fingerprint density at radius 3 is 2.50 bits per heavy atom. The van der Waals surface area contributed by atoms with E-state index in [9.17, 15) is 14.7 Å². The first kappa shape index (κ1) is 11.9. The Morgan fingerprint density at radius 1 is 1.17 bits per heavy atom. The number of hydrogen-bond acceptors (Lipinski definition) is 4. The van der Waals surface area contributed by atoms with Gasteiger partial charge in [-0.1, -0.05) is 18.2 Å². The molecule has 0 unspecified atom stereocenters. The molecular formula is C13H11NO4. The fourth-order valence-electron chi connectivity index (χ4n) is 1.47. The molecule has 5 heteroatoms. The van der Waals surface area contributed by atoms with E-state index in [1.54, 1.807) is 24.3 Å². The number of nitrogens with one attached hydrogen (secondary N) is 1. The zero-order valence-electron chi connectivity index (χ0n) is 9.42. The number of hydrogen-bond donors (Lipinski definition) is 2. The minimum Gasteiger partial charge on any atom is -0.504 e. The van der Waals surface area contributed by atoms with Crippen LogP contribution in [0, 0.1) is 0 Å². The van der Waals surface area contributed by atoms with Crippen molar-refractivity contribution in [2.75, 3.05) is 5.32 Å². The van der Waals surface area contributed by atoms with Crippen molar-refractivity contribution in [3.8, 4) is 5.75 Å². The van der Waals surface area contributed by atoms with Gasteiger partial charge < -0.3 is 14.8 Å². The van der Waals surface area contributed by atoms with Gasteiger partial charge in [-0.3, -0.25) is 9.59 Å². The minimum atomic E-state index is -0.491. The van der Waals surface area contributed by atoms with Crippen LogP contribution in [-0.2, 0) is 4.79 Å². The zero-order chi connectivity index (χ0) is 13.0. The predicted octanol–water partition coefficient (Wildman–Crippen LogP) is 2.20. The number of benzene rings is 1. The van der Waals surface area contributed by atoms with Gasteiger partial charge in [0.05, 0.1) is 12.0 Å². The molecule has 2 rings (SSSR count). The Hall–Kier alpha value is -2.56. The molecule has 2 aromatic rings. The molecule has 1 amide bonds. The number of Topliss-reactive ketones (excluding diaryl/α,β-unsaturated/α-hetero) is 1. The number of carbonyl (C=O) groups excluding carboxylic acids is 2. The lowest BCUT2D eigenvalue weighted by Crippen LogP contribution is -2.16. The van der Waals surface area contributed by atoms with Crippen LogP contribution in [0.4, 0.5) is 5.69 Å². The molecule has 0 aliphatic rings. The number of furan rings is 1. The molecule has 0 saturated heterocycles. The molecule has 0 aliphatic heterocycles. The van der Waals surface area contributed by atoms with Crippen LogP contribution >= 0.6 is 0 Å². The van der Waals surface area contributed by atoms with Gasteiger partial charge in [0.25, 0.3) is 0 Å². The van der Waals surface area contributed by atoms with Crippen molar-refractivity contribution >= 4 is 17.4 Å². The van der Waals surface area contributed by atoms with E-state index in [0.717, 1.165) is 12.5 Å². The molecule has 0 fully saturated rings. The maximum Gasteiger partial charge on any atom is 0.232 e. The van der Waals surface area contributed by atoms with Crippen molar-refractivity contribution in [2.45, 2.75) is 6.42 Å². The highest BCUT2D eigenvalue weighted by molar-refractivity contribution is 6.11. The number of carbonyl (C=O) groups is 2. The summed E-state index contributed by atoms with van der Waals surface area (Å²) in [5.74, 6) is -1.19. The maximum atomic E-state index is 11.6. The van der Waals surface area contributed by atoms with Crippen molar-refractivity contribution in [1.82, 2.24) is 0 Å². The molecule has 92 valence electrons. The van der Waals surface area contributed by atoms with Crippen molar-refractivity contribution < 1.29 is 19.1 Å². The third kappa shape index (κ3) is 2.76. The lowest BCUT2D eigenvalue weighted by atomic mass is 10.1. The highest BCUT2D eigenvalue weighted by Gasteiger charge is 2.17. The monoisotopic (exact) mass is 245 g/mol. The summed E-state index contributed by atoms with van der Waals surface area (Å²) in [6, 6.07) is 8.82. The Kier molecular flexibility index (Phi) is 3.43. The molecule has 0 atom stereocenters. The zero-order valence-corrected chi connectivity index (χ0v) is 9.42. The number of para-hydroxylation sites is 1. The Labute approximate surface area is 103 Å². The first-order valence-corrected chi connectivity index (χ1v) is 5.30. The minimum absolute atomic E-state index is 0.0122. The summed E-state index contributed by atoms with van der Waals surface area (Å²) in [5.41, 5.74) is 0.630. The summed E-state index contributed by atoms with van der Waals surface area (Å²) in [6.07, 6.45) is 1.82. The van der Waals surface area contributed by atoms with E-state index >= 15 is 0 Å². The fourth-order valence-corrected chi connectivity index (χ4v) is 1.47. The Morgan fingerprint density at radius 2 is 1.89 bits per heavy atom. The van der Waals surface area contributed by atoms with Gasteiger partial charge in [0.15, 0.2) is 11.5 Å². The van der Waals surface area contributed by atoms with E-state index in [4.69, 9.17) is 0 Å². The molecule has 18 heavy (non-hydrogen) atoms. The summed E-state index contributed by atoms with van der Waals surface area (Å²) in [5, 5.41) is 11.9. The smallest absolute Gasteiger partial charge is 0.232 e. The standard InChI is InChI=1S/C13H11NO4/c15-11(10-7-18-8-12(10)16)6-13(17)14-9-4-2-1-3-5-9/h1-5,7-8,16H,6H2,(H,14,17). The number of amides is 1. The van der Waals surface area contributed by atoms with E-state index in [2.05, 4.69) is 9.73 Å². The first-order chi connectivity index (χ1) is 8.66. The van der Waals surface area contributed by atoms with Crippen molar-refractivity contribution in [1.29, 1.82) is 0 Å². The second-order valence-electron chi connectivity index (χ2n) is 3.68. The van der Waals surface area contributed by atoms with Gasteiger partial charge in [0.1, 0.15) is 12.5 Å². The van der Waals surface area contributed by atoms with E-state index in [1.807, 2.05) is 6.07 Å². The predicted molar refractivity (Wildman–Crippen MR) is 64.4 cm³/mol. The second-order valence-corrected chi connectivity index (χ2v) is 3.68. The van der Waals surface area contributed by atoms with E-state index in [-0.39, 0.29) is 17.7 Å². The summed E-state index contributed by atoms with van der Waals surface area (Å²) in [4.78, 5) is 23.2. The van der Waals surface area contributed by atoms with Crippen molar-refractivity contribution in [3.63, 3.8) is 0 Å². The molecule has 2 N–H and O–H groups in total. The second kappa shape index (κ2) is 5.18. The van der Waals surface area contributed by atoms with Crippen LogP contribution in [0.3, 0.4) is 0 Å². The van der Waals surface area contributed by atoms with Crippen LogP contribution in [0.1, 0.15) is 16.8 Å². The largest absolute Gasteiger partial charge is 0.504 e. The maximum absolute atomic E-state index is 11.6. The average Bonchev–Trinajstić information content (AvgIpc) is 2.76. The lowest BCUT2D eigenvalue weighted by Gasteiger charge is -2.03. The summed E-state index contributed by atoms with van der Waals surface area (Å²) >= 11 is 0. The van der Waals surface area contributed by atoms with Crippen molar-refractivity contribution in [3.05, 3.63) is 48.4 Å². The topological polar surface area (TPSA) is 79.5 Å². The molecule has 5 nitrogen and oxygen atoms in total. The van der Waals surface area contributed by atoms with E-state index < -0.39 is 11.7 Å². The Balaban J connectivity index is 1.96. The van der Waals surface area contributed by atoms with Gasteiger partial charge in [-0.05, 0) is 12.1 Å². The quantitative estimate of drug-likeness (QED) is 0.639. The molecule has 0 saturated carbocycles. The highest BCUT2D eigenvalue weighted by Crippen LogP contribution is 2.19. The van der Waals surface area contributed by atoms with Crippen LogP contribution in [0.15, 0.2) is 47.3 Å². The molecule has 0 radical (unpaired) electrons. The molecule has 1 heterocycles. The first-order valence-electron chi connectivity index (χ1n) is 5.30. The molecule has 0 aliphatic carbocycles. The SMILES string of the molecule is O=C(CC(=O)c1cocc1O)Nc1ccccc1. The van der Waals surface area contributed by atoms with Crippen LogP contribution in [0.5, 0.6) is 5.75 Å². The van der Waals surface area contributed by atoms with Gasteiger partial charge in [0, 0.05) is 5.69 Å². The normalized spacial score (nSPS) is 10.0. The highest BCUT2D eigenvalue weighted by atomic mass is 16.3. The Bertz CT molecular complexity index is 559. The van der Waals surface area contributed by atoms with Gasteiger partial charge in [0.2, 0.25) is 5.91 Å². The van der Waals surface area contributed by atoms with Gasteiger partial charge in [-0.2, -0.15) is 0 Å². The van der Waals surface area contributed by atoms with Crippen LogP contribution < -0.4 is 5.32 Å². The van der Waals surface area contributed by atoms with Crippen molar-refractivity contribution in [2.24, 2.45) is 0 Å². The van der Waals surface area contributed by atoms with Gasteiger partial charge >= 0.3 is 0 Å². The van der Waals surface area contributed by atoms with E-state index in [1.165, 1.54) is 0 Å². The van der Waals surface area contributed by atoms with Crippen LogP contribution in [0.25, 0.3) is 0 Å². The molecule has 1 aromatic carbocycles. The number of aromatic hydroxyl groups is 1. The fraction of sp³-hybridized carbons (Fsp3) is 0.0769. The molecule has 0 spiro atoms. The van der Waals surface area contributed by atoms with Gasteiger partial charge in [-0.25, -0.2) is 0 Å². The summed E-state index contributed by atoms with van der Waals surface area (Å²) < 4.78 is 4.66. The molecule has 0 bridgehead atoms. The molecular weight excluding hydrogens is 234 g/mol. The lowest BCUT2D eigenvalue weighted by molar-refractivity contribution is -0.115. The number of rotatable bonds is 4. The van der Waals surface area contributed by atoms with E-state index in [0.29, 0.717) is 5.69 Å². The summed E-state index contributed by atoms with van der Waals surface area (Å²) in [6.45, 7) is 0. The number of ketones is 1. The van der Waals surface area contributed by atoms with Crippen LogP contribution in [-0.4, -0.2) is 16.8 Å². The average molecular weight is 245 g/mol. The summed E-state index contributed by atoms with van der Waals surface area (Å²) in [7, 11) is 0. The molecule has 1 aromatic heterocycles.